The highest BCUT2D eigenvalue weighted by atomic mass is 16.2. The van der Waals surface area contributed by atoms with E-state index in [2.05, 4.69) is 31.0 Å². The van der Waals surface area contributed by atoms with Crippen molar-refractivity contribution in [2.75, 3.05) is 18.4 Å². The zero-order valence-corrected chi connectivity index (χ0v) is 15.2. The lowest BCUT2D eigenvalue weighted by Gasteiger charge is -2.08. The van der Waals surface area contributed by atoms with Crippen LogP contribution in [0.15, 0.2) is 36.7 Å². The van der Waals surface area contributed by atoms with Crippen LogP contribution in [0.2, 0.25) is 0 Å². The van der Waals surface area contributed by atoms with Crippen molar-refractivity contribution >= 4 is 23.5 Å². The van der Waals surface area contributed by atoms with Gasteiger partial charge in [-0.25, -0.2) is 9.31 Å². The Morgan fingerprint density at radius 3 is 2.70 bits per heavy atom. The maximum Gasteiger partial charge on any atom is 0.321 e. The van der Waals surface area contributed by atoms with Gasteiger partial charge in [0.2, 0.25) is 0 Å². The molecular weight excluding hydrogens is 346 g/mol. The number of nitrogens with zero attached hydrogens (tertiary/aromatic N) is 4. The van der Waals surface area contributed by atoms with E-state index >= 15 is 0 Å². The Labute approximate surface area is 156 Å². The average molecular weight is 367 g/mol. The molecule has 3 N–H and O–H groups in total. The molecule has 0 saturated heterocycles. The van der Waals surface area contributed by atoms with Gasteiger partial charge in [0.1, 0.15) is 5.69 Å². The molecule has 0 atom stereocenters. The molecule has 0 aromatic carbocycles. The molecule has 0 saturated carbocycles. The van der Waals surface area contributed by atoms with Crippen LogP contribution in [0, 0.1) is 0 Å². The Hall–Kier alpha value is -3.49. The molecule has 0 fully saturated rings. The highest BCUT2D eigenvalue weighted by Gasteiger charge is 2.17. The molecule has 0 aliphatic heterocycles. The van der Waals surface area contributed by atoms with Crippen LogP contribution in [0.4, 0.5) is 10.7 Å². The summed E-state index contributed by atoms with van der Waals surface area (Å²) in [6, 6.07) is 6.85. The first-order valence-electron chi connectivity index (χ1n) is 8.76. The van der Waals surface area contributed by atoms with Gasteiger partial charge in [-0.05, 0) is 37.1 Å². The highest BCUT2D eigenvalue weighted by Crippen LogP contribution is 2.22. The van der Waals surface area contributed by atoms with Crippen molar-refractivity contribution in [1.82, 2.24) is 30.2 Å². The van der Waals surface area contributed by atoms with Gasteiger partial charge in [0.05, 0.1) is 0 Å². The minimum absolute atomic E-state index is 0.119. The zero-order chi connectivity index (χ0) is 19.2. The van der Waals surface area contributed by atoms with Crippen LogP contribution in [0.25, 0.3) is 16.8 Å². The van der Waals surface area contributed by atoms with Gasteiger partial charge in [0, 0.05) is 31.0 Å². The summed E-state index contributed by atoms with van der Waals surface area (Å²) in [5, 5.41) is 12.3. The topological polar surface area (TPSA) is 113 Å². The Balaban J connectivity index is 2.06. The van der Waals surface area contributed by atoms with Crippen LogP contribution < -0.4 is 16.0 Å². The van der Waals surface area contributed by atoms with Crippen LogP contribution in [0.5, 0.6) is 0 Å². The zero-order valence-electron chi connectivity index (χ0n) is 15.2. The molecule has 27 heavy (non-hydrogen) atoms. The van der Waals surface area contributed by atoms with E-state index in [1.54, 1.807) is 24.5 Å². The third-order valence-corrected chi connectivity index (χ3v) is 3.76. The second-order valence-electron chi connectivity index (χ2n) is 5.82. The van der Waals surface area contributed by atoms with Crippen molar-refractivity contribution in [3.05, 3.63) is 42.4 Å². The van der Waals surface area contributed by atoms with Crippen molar-refractivity contribution in [3.8, 4) is 11.1 Å². The van der Waals surface area contributed by atoms with E-state index in [-0.39, 0.29) is 11.9 Å². The van der Waals surface area contributed by atoms with Crippen LogP contribution in [0.1, 0.15) is 30.8 Å². The summed E-state index contributed by atoms with van der Waals surface area (Å²) in [6.45, 7) is 4.82. The summed E-state index contributed by atoms with van der Waals surface area (Å²) < 4.78 is 1.42. The van der Waals surface area contributed by atoms with Gasteiger partial charge < -0.3 is 10.6 Å². The van der Waals surface area contributed by atoms with Crippen LogP contribution in [0.3, 0.4) is 0 Å². The molecule has 3 aromatic heterocycles. The van der Waals surface area contributed by atoms with Crippen LogP contribution >= 0.6 is 0 Å². The Morgan fingerprint density at radius 2 is 2.00 bits per heavy atom. The molecule has 3 heterocycles. The molecule has 0 unspecified atom stereocenters. The molecular formula is C18H21N7O2. The molecule has 3 amide bonds. The van der Waals surface area contributed by atoms with Gasteiger partial charge in [-0.15, -0.1) is 5.10 Å². The maximum absolute atomic E-state index is 12.6. The van der Waals surface area contributed by atoms with E-state index in [1.807, 2.05) is 26.0 Å². The SMILES string of the molecule is CCCNC(=O)c1cc(-c2cccnc2)cc2nc(NC(=O)NCC)nn12. The first-order valence-corrected chi connectivity index (χ1v) is 8.76. The number of fused-ring (bicyclic) bond motifs is 1. The molecule has 0 aliphatic carbocycles. The second-order valence-corrected chi connectivity index (χ2v) is 5.82. The first kappa shape index (κ1) is 18.3. The fourth-order valence-electron chi connectivity index (χ4n) is 2.53. The Morgan fingerprint density at radius 1 is 1.15 bits per heavy atom. The molecule has 9 nitrogen and oxygen atoms in total. The first-order chi connectivity index (χ1) is 13.1. The van der Waals surface area contributed by atoms with E-state index in [9.17, 15) is 9.59 Å². The number of nitrogens with one attached hydrogen (secondary N) is 3. The lowest BCUT2D eigenvalue weighted by atomic mass is 10.1. The Bertz CT molecular complexity index is 953. The van der Waals surface area contributed by atoms with Crippen molar-refractivity contribution in [1.29, 1.82) is 0 Å². The number of rotatable bonds is 6. The number of carbonyl (C=O) groups excluding carboxylic acids is 2. The summed E-state index contributed by atoms with van der Waals surface area (Å²) in [5.41, 5.74) is 2.42. The maximum atomic E-state index is 12.6. The molecule has 0 bridgehead atoms. The quantitative estimate of drug-likeness (QED) is 0.617. The van der Waals surface area contributed by atoms with Crippen LogP contribution in [-0.2, 0) is 0 Å². The molecule has 0 aliphatic rings. The third-order valence-electron chi connectivity index (χ3n) is 3.76. The summed E-state index contributed by atoms with van der Waals surface area (Å²) in [6.07, 6.45) is 4.21. The van der Waals surface area contributed by atoms with E-state index < -0.39 is 6.03 Å². The van der Waals surface area contributed by atoms with Gasteiger partial charge in [-0.1, -0.05) is 13.0 Å². The van der Waals surface area contributed by atoms with Gasteiger partial charge in [0.25, 0.3) is 11.9 Å². The van der Waals surface area contributed by atoms with Crippen LogP contribution in [-0.4, -0.2) is 44.6 Å². The standard InChI is InChI=1S/C18H21N7O2/c1-3-7-21-16(26)14-9-13(12-6-5-8-19-11-12)10-15-22-17(24-25(14)15)23-18(27)20-4-2/h5-6,8-11H,3-4,7H2,1-2H3,(H,21,26)(H2,20,23,24,27). The summed E-state index contributed by atoms with van der Waals surface area (Å²) >= 11 is 0. The normalized spacial score (nSPS) is 10.6. The number of anilines is 1. The average Bonchev–Trinajstić information content (AvgIpc) is 3.08. The summed E-state index contributed by atoms with van der Waals surface area (Å²) in [4.78, 5) is 32.8. The molecule has 3 aromatic rings. The fourth-order valence-corrected chi connectivity index (χ4v) is 2.53. The molecule has 3 rings (SSSR count). The minimum Gasteiger partial charge on any atom is -0.351 e. The largest absolute Gasteiger partial charge is 0.351 e. The van der Waals surface area contributed by atoms with E-state index in [0.717, 1.165) is 17.5 Å². The predicted octanol–water partition coefficient (Wildman–Crippen LogP) is 2.07. The molecule has 140 valence electrons. The minimum atomic E-state index is -0.405. The van der Waals surface area contributed by atoms with Gasteiger partial charge >= 0.3 is 6.03 Å². The Kier molecular flexibility index (Phi) is 5.60. The molecule has 0 spiro atoms. The van der Waals surface area contributed by atoms with E-state index in [0.29, 0.717) is 24.4 Å². The molecule has 0 radical (unpaired) electrons. The smallest absolute Gasteiger partial charge is 0.321 e. The fraction of sp³-hybridized carbons (Fsp3) is 0.278. The van der Waals surface area contributed by atoms with Crippen molar-refractivity contribution in [2.45, 2.75) is 20.3 Å². The lowest BCUT2D eigenvalue weighted by molar-refractivity contribution is 0.0946. The van der Waals surface area contributed by atoms with E-state index in [4.69, 9.17) is 0 Å². The molecule has 9 heteroatoms. The summed E-state index contributed by atoms with van der Waals surface area (Å²) in [5.74, 6) is -0.143. The van der Waals surface area contributed by atoms with Gasteiger partial charge in [0.15, 0.2) is 5.65 Å². The second kappa shape index (κ2) is 8.26. The number of pyridine rings is 2. The third kappa shape index (κ3) is 4.20. The van der Waals surface area contributed by atoms with Crippen molar-refractivity contribution in [3.63, 3.8) is 0 Å². The van der Waals surface area contributed by atoms with Crippen molar-refractivity contribution in [2.24, 2.45) is 0 Å². The summed E-state index contributed by atoms with van der Waals surface area (Å²) in [7, 11) is 0. The monoisotopic (exact) mass is 367 g/mol. The van der Waals surface area contributed by atoms with Gasteiger partial charge in [-0.2, -0.15) is 4.98 Å². The van der Waals surface area contributed by atoms with E-state index in [1.165, 1.54) is 4.52 Å². The number of hydrogen-bond acceptors (Lipinski definition) is 5. The number of aromatic nitrogens is 4. The van der Waals surface area contributed by atoms with Gasteiger partial charge in [-0.3, -0.25) is 15.1 Å². The number of hydrogen-bond donors (Lipinski definition) is 3. The number of urea groups is 1. The van der Waals surface area contributed by atoms with Crippen molar-refractivity contribution < 1.29 is 9.59 Å². The predicted molar refractivity (Wildman–Crippen MR) is 102 cm³/mol. The highest BCUT2D eigenvalue weighted by molar-refractivity contribution is 5.95. The number of carbonyl (C=O) groups is 2. The number of amides is 3. The lowest BCUT2D eigenvalue weighted by Crippen LogP contribution is -2.28.